The number of nitrogens with zero attached hydrogens (tertiary/aromatic N) is 1. The molecule has 2 aromatic carbocycles. The third-order valence-electron chi connectivity index (χ3n) is 3.90. The summed E-state index contributed by atoms with van der Waals surface area (Å²) in [4.78, 5) is 16.4. The van der Waals surface area contributed by atoms with Crippen molar-refractivity contribution in [1.82, 2.24) is 10.3 Å². The maximum atomic E-state index is 12.4. The van der Waals surface area contributed by atoms with Crippen LogP contribution < -0.4 is 14.8 Å². The van der Waals surface area contributed by atoms with Crippen molar-refractivity contribution in [3.05, 3.63) is 70.7 Å². The smallest absolute Gasteiger partial charge is 0.271 e. The molecule has 146 valence electrons. The summed E-state index contributed by atoms with van der Waals surface area (Å²) in [7, 11) is -2.30. The molecule has 0 unspecified atom stereocenters. The van der Waals surface area contributed by atoms with Gasteiger partial charge in [0, 0.05) is 11.9 Å². The zero-order valence-electron chi connectivity index (χ0n) is 15.3. The fraction of sp³-hybridized carbons (Fsp3) is 0.158. The number of hydrogen-bond acceptors (Lipinski definition) is 6. The molecule has 0 fully saturated rings. The van der Waals surface area contributed by atoms with Gasteiger partial charge in [-0.1, -0.05) is 29.8 Å². The molecule has 7 nitrogen and oxygen atoms in total. The van der Waals surface area contributed by atoms with E-state index in [-0.39, 0.29) is 21.6 Å². The van der Waals surface area contributed by atoms with E-state index in [4.69, 9.17) is 4.74 Å². The van der Waals surface area contributed by atoms with Gasteiger partial charge in [0.1, 0.15) is 11.4 Å². The molecule has 0 aliphatic carbocycles. The Balaban J connectivity index is 1.63. The predicted octanol–water partition coefficient (Wildman–Crippen LogP) is 3.19. The molecule has 3 aromatic rings. The summed E-state index contributed by atoms with van der Waals surface area (Å²) in [6.07, 6.45) is 0. The first-order valence-electron chi connectivity index (χ1n) is 8.33. The number of aryl methyl sites for hydroxylation is 1. The monoisotopic (exact) mass is 417 g/mol. The maximum absolute atomic E-state index is 12.4. The van der Waals surface area contributed by atoms with Crippen molar-refractivity contribution in [3.63, 3.8) is 0 Å². The fourth-order valence-corrected chi connectivity index (χ4v) is 4.28. The van der Waals surface area contributed by atoms with Gasteiger partial charge in [0.05, 0.1) is 12.0 Å². The minimum absolute atomic E-state index is 0.0777. The summed E-state index contributed by atoms with van der Waals surface area (Å²) in [5.74, 6) is 0.187. The molecule has 0 aliphatic rings. The molecule has 0 aliphatic heterocycles. The molecule has 0 bridgehead atoms. The van der Waals surface area contributed by atoms with E-state index in [1.807, 2.05) is 31.2 Å². The average molecular weight is 418 g/mol. The minimum Gasteiger partial charge on any atom is -0.497 e. The Kier molecular flexibility index (Phi) is 5.96. The van der Waals surface area contributed by atoms with Crippen LogP contribution in [-0.4, -0.2) is 26.4 Å². The standard InChI is InChI=1S/C19H19N3O4S2/c1-13-3-5-14(6-4-13)11-20-18(23)17-12-27-19(21-17)22-28(24,25)16-9-7-15(26-2)8-10-16/h3-10,12H,11H2,1-2H3,(H,20,23)(H,21,22). The Morgan fingerprint density at radius 3 is 2.43 bits per heavy atom. The highest BCUT2D eigenvalue weighted by molar-refractivity contribution is 7.93. The van der Waals surface area contributed by atoms with Crippen molar-refractivity contribution in [3.8, 4) is 5.75 Å². The van der Waals surface area contributed by atoms with Gasteiger partial charge < -0.3 is 10.1 Å². The second kappa shape index (κ2) is 8.41. The lowest BCUT2D eigenvalue weighted by Crippen LogP contribution is -2.23. The van der Waals surface area contributed by atoms with Gasteiger partial charge in [-0.3, -0.25) is 9.52 Å². The maximum Gasteiger partial charge on any atom is 0.271 e. The lowest BCUT2D eigenvalue weighted by molar-refractivity contribution is 0.0946. The molecule has 3 rings (SSSR count). The van der Waals surface area contributed by atoms with Crippen molar-refractivity contribution in [2.75, 3.05) is 11.8 Å². The summed E-state index contributed by atoms with van der Waals surface area (Å²) < 4.78 is 32.3. The number of benzene rings is 2. The molecule has 2 N–H and O–H groups in total. The fourth-order valence-electron chi connectivity index (χ4n) is 2.33. The third-order valence-corrected chi connectivity index (χ3v) is 6.14. The first-order chi connectivity index (χ1) is 13.4. The van der Waals surface area contributed by atoms with E-state index in [0.29, 0.717) is 12.3 Å². The van der Waals surface area contributed by atoms with E-state index >= 15 is 0 Å². The van der Waals surface area contributed by atoms with Gasteiger partial charge in [0.25, 0.3) is 15.9 Å². The number of amides is 1. The molecule has 1 amide bonds. The topological polar surface area (TPSA) is 97.4 Å². The molecule has 0 spiro atoms. The lowest BCUT2D eigenvalue weighted by atomic mass is 10.1. The van der Waals surface area contributed by atoms with E-state index in [1.54, 1.807) is 12.1 Å². The van der Waals surface area contributed by atoms with Gasteiger partial charge in [-0.25, -0.2) is 13.4 Å². The summed E-state index contributed by atoms with van der Waals surface area (Å²) >= 11 is 1.04. The molecule has 9 heteroatoms. The highest BCUT2D eigenvalue weighted by Crippen LogP contribution is 2.22. The van der Waals surface area contributed by atoms with Crippen molar-refractivity contribution in [1.29, 1.82) is 0 Å². The Labute approximate surface area is 167 Å². The first-order valence-corrected chi connectivity index (χ1v) is 10.7. The average Bonchev–Trinajstić information content (AvgIpc) is 3.15. The van der Waals surface area contributed by atoms with Gasteiger partial charge in [-0.15, -0.1) is 11.3 Å². The van der Waals surface area contributed by atoms with E-state index in [1.165, 1.54) is 24.6 Å². The molecular weight excluding hydrogens is 398 g/mol. The van der Waals surface area contributed by atoms with Crippen LogP contribution in [0.5, 0.6) is 5.75 Å². The van der Waals surface area contributed by atoms with Gasteiger partial charge in [-0.05, 0) is 36.8 Å². The summed E-state index contributed by atoms with van der Waals surface area (Å²) in [6, 6.07) is 13.8. The van der Waals surface area contributed by atoms with Crippen LogP contribution in [0.15, 0.2) is 58.8 Å². The zero-order chi connectivity index (χ0) is 20.1. The van der Waals surface area contributed by atoms with Crippen molar-refractivity contribution < 1.29 is 17.9 Å². The lowest BCUT2D eigenvalue weighted by Gasteiger charge is -2.06. The van der Waals surface area contributed by atoms with Crippen LogP contribution in [0.1, 0.15) is 21.6 Å². The number of sulfonamides is 1. The quantitative estimate of drug-likeness (QED) is 0.615. The van der Waals surface area contributed by atoms with E-state index in [0.717, 1.165) is 22.5 Å². The van der Waals surface area contributed by atoms with E-state index in [9.17, 15) is 13.2 Å². The molecule has 0 radical (unpaired) electrons. The Bertz CT molecular complexity index is 1060. The SMILES string of the molecule is COc1ccc(S(=O)(=O)Nc2nc(C(=O)NCc3ccc(C)cc3)cs2)cc1. The third kappa shape index (κ3) is 4.87. The zero-order valence-corrected chi connectivity index (χ0v) is 16.9. The highest BCUT2D eigenvalue weighted by Gasteiger charge is 2.18. The van der Waals surface area contributed by atoms with Crippen LogP contribution in [-0.2, 0) is 16.6 Å². The second-order valence-corrected chi connectivity index (χ2v) is 8.53. The van der Waals surface area contributed by atoms with Gasteiger partial charge in [0.2, 0.25) is 0 Å². The van der Waals surface area contributed by atoms with Crippen LogP contribution in [0.4, 0.5) is 5.13 Å². The molecule has 1 heterocycles. The number of thiazole rings is 1. The van der Waals surface area contributed by atoms with Crippen LogP contribution in [0.25, 0.3) is 0 Å². The molecule has 0 saturated heterocycles. The largest absolute Gasteiger partial charge is 0.497 e. The summed E-state index contributed by atoms with van der Waals surface area (Å²) in [5, 5.41) is 4.40. The van der Waals surface area contributed by atoms with E-state index in [2.05, 4.69) is 15.0 Å². The Morgan fingerprint density at radius 2 is 1.79 bits per heavy atom. The van der Waals surface area contributed by atoms with Crippen LogP contribution in [0.2, 0.25) is 0 Å². The normalized spacial score (nSPS) is 11.1. The Hall–Kier alpha value is -2.91. The number of hydrogen-bond donors (Lipinski definition) is 2. The molecular formula is C19H19N3O4S2. The molecule has 0 atom stereocenters. The Morgan fingerprint density at radius 1 is 1.11 bits per heavy atom. The number of aromatic nitrogens is 1. The number of methoxy groups -OCH3 is 1. The number of anilines is 1. The highest BCUT2D eigenvalue weighted by atomic mass is 32.2. The number of ether oxygens (including phenoxy) is 1. The van der Waals surface area contributed by atoms with Gasteiger partial charge in [-0.2, -0.15) is 0 Å². The van der Waals surface area contributed by atoms with Crippen LogP contribution in [0, 0.1) is 6.92 Å². The van der Waals surface area contributed by atoms with Crippen LogP contribution in [0.3, 0.4) is 0 Å². The number of carbonyl (C=O) groups is 1. The summed E-state index contributed by atoms with van der Waals surface area (Å²) in [5.41, 5.74) is 2.27. The molecule has 0 saturated carbocycles. The second-order valence-electron chi connectivity index (χ2n) is 5.99. The van der Waals surface area contributed by atoms with Crippen molar-refractivity contribution in [2.45, 2.75) is 18.4 Å². The summed E-state index contributed by atoms with van der Waals surface area (Å²) in [6.45, 7) is 2.36. The first kappa shape index (κ1) is 19.8. The van der Waals surface area contributed by atoms with Crippen LogP contribution >= 0.6 is 11.3 Å². The van der Waals surface area contributed by atoms with Gasteiger partial charge >= 0.3 is 0 Å². The number of rotatable bonds is 7. The molecule has 1 aromatic heterocycles. The molecule has 28 heavy (non-hydrogen) atoms. The minimum atomic E-state index is -3.80. The van der Waals surface area contributed by atoms with Gasteiger partial charge in [0.15, 0.2) is 5.13 Å². The van der Waals surface area contributed by atoms with E-state index < -0.39 is 10.0 Å². The number of nitrogens with one attached hydrogen (secondary N) is 2. The predicted molar refractivity (Wildman–Crippen MR) is 108 cm³/mol. The number of carbonyl (C=O) groups excluding carboxylic acids is 1. The van der Waals surface area contributed by atoms with Crippen molar-refractivity contribution in [2.24, 2.45) is 0 Å². The van der Waals surface area contributed by atoms with Crippen molar-refractivity contribution >= 4 is 32.4 Å².